The fourth-order valence-electron chi connectivity index (χ4n) is 0.937. The summed E-state index contributed by atoms with van der Waals surface area (Å²) in [6, 6.07) is 3.51. The second kappa shape index (κ2) is 4.56. The Morgan fingerprint density at radius 2 is 1.93 bits per heavy atom. The maximum atomic E-state index is 13.1. The first-order valence-electron chi connectivity index (χ1n) is 4.00. The molecule has 0 amide bonds. The van der Waals surface area contributed by atoms with Crippen LogP contribution in [0.1, 0.15) is 12.0 Å². The average molecular weight is 196 g/mol. The minimum Gasteiger partial charge on any atom is -0.488 e. The average Bonchev–Trinajstić information content (AvgIpc) is 2.16. The SMILES string of the molecule is [CH2]CCOc1c(F)cc(C#N)cc1F. The molecule has 0 bridgehead atoms. The van der Waals surface area contributed by atoms with E-state index >= 15 is 0 Å². The number of hydrogen-bond acceptors (Lipinski definition) is 2. The minimum atomic E-state index is -0.866. The maximum Gasteiger partial charge on any atom is 0.190 e. The topological polar surface area (TPSA) is 33.0 Å². The van der Waals surface area contributed by atoms with Crippen LogP contribution in [0, 0.1) is 29.9 Å². The Bertz CT molecular complexity index is 348. The Balaban J connectivity index is 3.01. The Kier molecular flexibility index (Phi) is 3.41. The van der Waals surface area contributed by atoms with Crippen molar-refractivity contribution in [2.24, 2.45) is 0 Å². The fourth-order valence-corrected chi connectivity index (χ4v) is 0.937. The number of nitriles is 1. The number of benzene rings is 1. The Morgan fingerprint density at radius 3 is 2.36 bits per heavy atom. The van der Waals surface area contributed by atoms with Gasteiger partial charge in [0.1, 0.15) is 0 Å². The highest BCUT2D eigenvalue weighted by Crippen LogP contribution is 2.22. The molecule has 14 heavy (non-hydrogen) atoms. The zero-order valence-electron chi connectivity index (χ0n) is 7.39. The van der Waals surface area contributed by atoms with Crippen molar-refractivity contribution in [2.75, 3.05) is 6.61 Å². The fraction of sp³-hybridized carbons (Fsp3) is 0.200. The highest BCUT2D eigenvalue weighted by Gasteiger charge is 2.11. The van der Waals surface area contributed by atoms with Gasteiger partial charge in [-0.2, -0.15) is 5.26 Å². The molecular weight excluding hydrogens is 188 g/mol. The Hall–Kier alpha value is -1.63. The van der Waals surface area contributed by atoms with Crippen molar-refractivity contribution in [3.05, 3.63) is 36.3 Å². The van der Waals surface area contributed by atoms with Gasteiger partial charge in [-0.1, -0.05) is 0 Å². The zero-order chi connectivity index (χ0) is 10.6. The molecule has 2 nitrogen and oxygen atoms in total. The molecule has 0 aliphatic carbocycles. The van der Waals surface area contributed by atoms with E-state index in [1.54, 1.807) is 6.07 Å². The summed E-state index contributed by atoms with van der Waals surface area (Å²) < 4.78 is 31.0. The van der Waals surface area contributed by atoms with Crippen LogP contribution in [0.15, 0.2) is 12.1 Å². The van der Waals surface area contributed by atoms with Gasteiger partial charge in [-0.3, -0.25) is 0 Å². The molecule has 73 valence electrons. The van der Waals surface area contributed by atoms with Crippen molar-refractivity contribution >= 4 is 0 Å². The molecule has 0 fully saturated rings. The van der Waals surface area contributed by atoms with E-state index in [-0.39, 0.29) is 12.2 Å². The third-order valence-electron chi connectivity index (χ3n) is 1.52. The van der Waals surface area contributed by atoms with E-state index in [2.05, 4.69) is 6.92 Å². The summed E-state index contributed by atoms with van der Waals surface area (Å²) in [5, 5.41) is 8.42. The van der Waals surface area contributed by atoms with Crippen molar-refractivity contribution in [3.8, 4) is 11.8 Å². The maximum absolute atomic E-state index is 13.1. The van der Waals surface area contributed by atoms with Crippen LogP contribution < -0.4 is 4.74 Å². The molecule has 0 aliphatic heterocycles. The third kappa shape index (κ3) is 2.19. The number of hydrogen-bond donors (Lipinski definition) is 0. The monoisotopic (exact) mass is 196 g/mol. The predicted octanol–water partition coefficient (Wildman–Crippen LogP) is 2.44. The van der Waals surface area contributed by atoms with Crippen LogP contribution in [-0.2, 0) is 0 Å². The van der Waals surface area contributed by atoms with Crippen molar-refractivity contribution in [1.82, 2.24) is 0 Å². The Morgan fingerprint density at radius 1 is 1.36 bits per heavy atom. The van der Waals surface area contributed by atoms with Crippen LogP contribution in [0.5, 0.6) is 5.75 Å². The smallest absolute Gasteiger partial charge is 0.190 e. The van der Waals surface area contributed by atoms with E-state index in [1.807, 2.05) is 0 Å². The molecule has 0 unspecified atom stereocenters. The highest BCUT2D eigenvalue weighted by atomic mass is 19.1. The number of halogens is 2. The molecule has 0 N–H and O–H groups in total. The van der Waals surface area contributed by atoms with E-state index in [0.29, 0.717) is 6.42 Å². The molecule has 0 heterocycles. The van der Waals surface area contributed by atoms with Gasteiger partial charge >= 0.3 is 0 Å². The first-order valence-corrected chi connectivity index (χ1v) is 4.00. The predicted molar refractivity (Wildman–Crippen MR) is 46.5 cm³/mol. The van der Waals surface area contributed by atoms with Gasteiger partial charge in [0.05, 0.1) is 18.2 Å². The molecule has 4 heteroatoms. The number of rotatable bonds is 3. The van der Waals surface area contributed by atoms with Crippen LogP contribution in [0.2, 0.25) is 0 Å². The lowest BCUT2D eigenvalue weighted by Crippen LogP contribution is -2.00. The van der Waals surface area contributed by atoms with Gasteiger partial charge in [-0.05, 0) is 25.5 Å². The van der Waals surface area contributed by atoms with Crippen molar-refractivity contribution in [1.29, 1.82) is 5.26 Å². The van der Waals surface area contributed by atoms with Gasteiger partial charge in [0.25, 0.3) is 0 Å². The molecule has 1 aromatic carbocycles. The number of nitrogens with zero attached hydrogens (tertiary/aromatic N) is 1. The lowest BCUT2D eigenvalue weighted by molar-refractivity contribution is 0.290. The van der Waals surface area contributed by atoms with Crippen LogP contribution in [0.25, 0.3) is 0 Å². The number of ether oxygens (including phenoxy) is 1. The Labute approximate surface area is 80.7 Å². The summed E-state index contributed by atoms with van der Waals surface area (Å²) in [4.78, 5) is 0. The third-order valence-corrected chi connectivity index (χ3v) is 1.52. The summed E-state index contributed by atoms with van der Waals surface area (Å²) in [6.07, 6.45) is 0.416. The van der Waals surface area contributed by atoms with Crippen LogP contribution >= 0.6 is 0 Å². The molecule has 1 aromatic rings. The van der Waals surface area contributed by atoms with E-state index in [9.17, 15) is 8.78 Å². The summed E-state index contributed by atoms with van der Waals surface area (Å²) in [5.74, 6) is -2.18. The van der Waals surface area contributed by atoms with Gasteiger partial charge in [-0.15, -0.1) is 0 Å². The molecule has 0 aromatic heterocycles. The van der Waals surface area contributed by atoms with E-state index in [0.717, 1.165) is 12.1 Å². The van der Waals surface area contributed by atoms with Gasteiger partial charge in [0.2, 0.25) is 0 Å². The van der Waals surface area contributed by atoms with Gasteiger partial charge in [0.15, 0.2) is 17.4 Å². The van der Waals surface area contributed by atoms with Gasteiger partial charge in [0, 0.05) is 0 Å². The second-order valence-electron chi connectivity index (χ2n) is 2.58. The summed E-state index contributed by atoms with van der Waals surface area (Å²) >= 11 is 0. The molecule has 0 aliphatic rings. The zero-order valence-corrected chi connectivity index (χ0v) is 7.39. The molecule has 0 spiro atoms. The van der Waals surface area contributed by atoms with Crippen molar-refractivity contribution in [2.45, 2.75) is 6.42 Å². The largest absolute Gasteiger partial charge is 0.488 e. The molecular formula is C10H8F2NO. The standard InChI is InChI=1S/C10H8F2NO/c1-2-3-14-10-8(11)4-7(6-13)5-9(10)12/h4-5H,1-3H2. The summed E-state index contributed by atoms with van der Waals surface area (Å²) in [7, 11) is 0. The van der Waals surface area contributed by atoms with Crippen LogP contribution in [-0.4, -0.2) is 6.61 Å². The highest BCUT2D eigenvalue weighted by molar-refractivity contribution is 5.37. The van der Waals surface area contributed by atoms with Crippen molar-refractivity contribution in [3.63, 3.8) is 0 Å². The van der Waals surface area contributed by atoms with E-state index < -0.39 is 17.4 Å². The van der Waals surface area contributed by atoms with Gasteiger partial charge < -0.3 is 4.74 Å². The summed E-state index contributed by atoms with van der Waals surface area (Å²) in [5.41, 5.74) is -0.0676. The minimum absolute atomic E-state index is 0.0676. The van der Waals surface area contributed by atoms with E-state index in [1.165, 1.54) is 0 Å². The van der Waals surface area contributed by atoms with Crippen molar-refractivity contribution < 1.29 is 13.5 Å². The first kappa shape index (κ1) is 10.5. The molecule has 0 atom stereocenters. The molecule has 1 radical (unpaired) electrons. The van der Waals surface area contributed by atoms with Gasteiger partial charge in [-0.25, -0.2) is 8.78 Å². The first-order chi connectivity index (χ1) is 6.69. The summed E-state index contributed by atoms with van der Waals surface area (Å²) in [6.45, 7) is 3.61. The molecule has 0 saturated carbocycles. The quantitative estimate of drug-likeness (QED) is 0.743. The lowest BCUT2D eigenvalue weighted by Gasteiger charge is -2.06. The second-order valence-corrected chi connectivity index (χ2v) is 2.58. The van der Waals surface area contributed by atoms with Crippen LogP contribution in [0.4, 0.5) is 8.78 Å². The van der Waals surface area contributed by atoms with E-state index in [4.69, 9.17) is 10.00 Å². The van der Waals surface area contributed by atoms with Crippen LogP contribution in [0.3, 0.4) is 0 Å². The lowest BCUT2D eigenvalue weighted by atomic mass is 10.2. The normalized spacial score (nSPS) is 9.57. The molecule has 1 rings (SSSR count). The molecule has 0 saturated heterocycles.